The summed E-state index contributed by atoms with van der Waals surface area (Å²) in [7, 11) is 0. The number of esters is 1. The Morgan fingerprint density at radius 1 is 1.12 bits per heavy atom. The number of hydrogen-bond donors (Lipinski definition) is 1. The van der Waals surface area contributed by atoms with Crippen molar-refractivity contribution in [2.45, 2.75) is 6.92 Å². The molecule has 5 nitrogen and oxygen atoms in total. The van der Waals surface area contributed by atoms with E-state index in [-0.39, 0.29) is 17.5 Å². The predicted octanol–water partition coefficient (Wildman–Crippen LogP) is 4.30. The average molecular weight is 375 g/mol. The Kier molecular flexibility index (Phi) is 4.88. The largest absolute Gasteiger partial charge is 0.402 e. The highest BCUT2D eigenvalue weighted by atomic mass is 35.5. The Morgan fingerprint density at radius 2 is 1.84 bits per heavy atom. The van der Waals surface area contributed by atoms with Crippen LogP contribution in [0, 0.1) is 0 Å². The summed E-state index contributed by atoms with van der Waals surface area (Å²) in [6.07, 6.45) is 1.60. The summed E-state index contributed by atoms with van der Waals surface area (Å²) in [5.74, 6) is -0.530. The summed E-state index contributed by atoms with van der Waals surface area (Å²) in [5, 5.41) is 3.43. The van der Waals surface area contributed by atoms with Gasteiger partial charge < -0.3 is 10.1 Å². The van der Waals surface area contributed by atoms with Crippen molar-refractivity contribution < 1.29 is 14.3 Å². The lowest BCUT2D eigenvalue weighted by atomic mass is 10.1. The molecule has 0 fully saturated rings. The Hall–Kier alpha value is -2.63. The molecule has 0 saturated heterocycles. The lowest BCUT2D eigenvalue weighted by molar-refractivity contribution is -0.129. The molecule has 1 amide bonds. The van der Waals surface area contributed by atoms with Gasteiger partial charge in [-0.2, -0.15) is 0 Å². The summed E-state index contributed by atoms with van der Waals surface area (Å²) in [5.41, 5.74) is 2.16. The van der Waals surface area contributed by atoms with Crippen LogP contribution in [0.15, 0.2) is 53.2 Å². The molecule has 1 heterocycles. The van der Waals surface area contributed by atoms with Crippen molar-refractivity contribution in [2.75, 3.05) is 5.32 Å². The number of benzene rings is 2. The van der Waals surface area contributed by atoms with Crippen LogP contribution in [0.1, 0.15) is 18.1 Å². The normalized spacial score (nSPS) is 15.1. The molecule has 2 aromatic rings. The summed E-state index contributed by atoms with van der Waals surface area (Å²) >= 11 is 11.9. The summed E-state index contributed by atoms with van der Waals surface area (Å²) in [4.78, 5) is 27.2. The second kappa shape index (κ2) is 7.09. The molecular formula is C18H12Cl2N2O3. The Morgan fingerprint density at radius 3 is 2.48 bits per heavy atom. The number of hydrogen-bond acceptors (Lipinski definition) is 4. The Bertz CT molecular complexity index is 918. The third-order valence-electron chi connectivity index (χ3n) is 3.32. The summed E-state index contributed by atoms with van der Waals surface area (Å²) in [6.45, 7) is 1.43. The zero-order chi connectivity index (χ0) is 18.0. The lowest BCUT2D eigenvalue weighted by Crippen LogP contribution is -2.05. The number of anilines is 1. The first-order valence-electron chi connectivity index (χ1n) is 7.28. The molecule has 1 aliphatic heterocycles. The average Bonchev–Trinajstić information content (AvgIpc) is 2.92. The Balaban J connectivity index is 1.85. The monoisotopic (exact) mass is 374 g/mol. The third kappa shape index (κ3) is 4.07. The smallest absolute Gasteiger partial charge is 0.363 e. The van der Waals surface area contributed by atoms with E-state index in [4.69, 9.17) is 27.9 Å². The molecular weight excluding hydrogens is 363 g/mol. The first kappa shape index (κ1) is 17.2. The molecule has 0 unspecified atom stereocenters. The maximum absolute atomic E-state index is 12.0. The number of rotatable bonds is 3. The molecule has 0 aromatic heterocycles. The molecule has 0 bridgehead atoms. The van der Waals surface area contributed by atoms with E-state index in [1.54, 1.807) is 48.5 Å². The number of halogens is 2. The lowest BCUT2D eigenvalue weighted by Gasteiger charge is -2.01. The minimum absolute atomic E-state index is 0.152. The van der Waals surface area contributed by atoms with Gasteiger partial charge in [0.25, 0.3) is 0 Å². The van der Waals surface area contributed by atoms with Gasteiger partial charge in [-0.05, 0) is 42.0 Å². The van der Waals surface area contributed by atoms with E-state index in [2.05, 4.69) is 10.3 Å². The van der Waals surface area contributed by atoms with E-state index in [0.717, 1.165) is 5.56 Å². The standard InChI is InChI=1S/C18H12Cl2N2O3/c1-10(23)21-13-5-2-11(3-6-13)8-16-18(24)25-17(22-16)12-4-7-14(19)15(20)9-12/h2-9H,1H3,(H,21,23). The van der Waals surface area contributed by atoms with Gasteiger partial charge in [-0.15, -0.1) is 0 Å². The minimum atomic E-state index is -0.549. The second-order valence-electron chi connectivity index (χ2n) is 5.27. The van der Waals surface area contributed by atoms with Crippen LogP contribution in [0.5, 0.6) is 0 Å². The highest BCUT2D eigenvalue weighted by molar-refractivity contribution is 6.42. The number of amides is 1. The molecule has 3 rings (SSSR count). The van der Waals surface area contributed by atoms with Gasteiger partial charge in [0.05, 0.1) is 10.0 Å². The van der Waals surface area contributed by atoms with Crippen LogP contribution >= 0.6 is 23.2 Å². The Labute approximate surface area is 153 Å². The van der Waals surface area contributed by atoms with Crippen LogP contribution in [-0.4, -0.2) is 17.8 Å². The molecule has 1 N–H and O–H groups in total. The van der Waals surface area contributed by atoms with Gasteiger partial charge in [-0.25, -0.2) is 9.79 Å². The molecule has 0 aliphatic carbocycles. The highest BCUT2D eigenvalue weighted by Gasteiger charge is 2.24. The van der Waals surface area contributed by atoms with Gasteiger partial charge in [0, 0.05) is 18.2 Å². The molecule has 0 atom stereocenters. The van der Waals surface area contributed by atoms with Crippen LogP contribution < -0.4 is 5.32 Å². The molecule has 126 valence electrons. The van der Waals surface area contributed by atoms with Gasteiger partial charge in [0.1, 0.15) is 0 Å². The maximum Gasteiger partial charge on any atom is 0.363 e. The topological polar surface area (TPSA) is 67.8 Å². The number of nitrogens with one attached hydrogen (secondary N) is 1. The molecule has 1 aliphatic rings. The van der Waals surface area contributed by atoms with Gasteiger partial charge in [0.2, 0.25) is 11.8 Å². The van der Waals surface area contributed by atoms with Gasteiger partial charge in [0.15, 0.2) is 5.70 Å². The maximum atomic E-state index is 12.0. The SMILES string of the molecule is CC(=O)Nc1ccc(C=C2N=C(c3ccc(Cl)c(Cl)c3)OC2=O)cc1. The van der Waals surface area contributed by atoms with E-state index >= 15 is 0 Å². The quantitative estimate of drug-likeness (QED) is 0.643. The fraction of sp³-hybridized carbons (Fsp3) is 0.0556. The fourth-order valence-electron chi connectivity index (χ4n) is 2.19. The van der Waals surface area contributed by atoms with Crippen LogP contribution in [0.25, 0.3) is 6.08 Å². The zero-order valence-electron chi connectivity index (χ0n) is 13.0. The molecule has 25 heavy (non-hydrogen) atoms. The molecule has 7 heteroatoms. The number of ether oxygens (including phenoxy) is 1. The second-order valence-corrected chi connectivity index (χ2v) is 6.08. The van der Waals surface area contributed by atoms with Crippen LogP contribution in [-0.2, 0) is 14.3 Å². The van der Waals surface area contributed by atoms with E-state index in [9.17, 15) is 9.59 Å². The van der Waals surface area contributed by atoms with E-state index < -0.39 is 5.97 Å². The van der Waals surface area contributed by atoms with Crippen molar-refractivity contribution in [1.82, 2.24) is 0 Å². The number of carbonyl (C=O) groups is 2. The third-order valence-corrected chi connectivity index (χ3v) is 4.06. The number of cyclic esters (lactones) is 1. The van der Waals surface area contributed by atoms with Gasteiger partial charge >= 0.3 is 5.97 Å². The highest BCUT2D eigenvalue weighted by Crippen LogP contribution is 2.26. The zero-order valence-corrected chi connectivity index (χ0v) is 14.6. The summed E-state index contributed by atoms with van der Waals surface area (Å²) < 4.78 is 5.19. The van der Waals surface area contributed by atoms with Gasteiger partial charge in [-0.3, -0.25) is 4.79 Å². The molecule has 2 aromatic carbocycles. The predicted molar refractivity (Wildman–Crippen MR) is 97.8 cm³/mol. The minimum Gasteiger partial charge on any atom is -0.402 e. The molecule has 0 saturated carbocycles. The number of nitrogens with zero attached hydrogens (tertiary/aromatic N) is 1. The van der Waals surface area contributed by atoms with Crippen LogP contribution in [0.2, 0.25) is 10.0 Å². The fourth-order valence-corrected chi connectivity index (χ4v) is 2.48. The first-order valence-corrected chi connectivity index (χ1v) is 8.03. The van der Waals surface area contributed by atoms with Crippen LogP contribution in [0.3, 0.4) is 0 Å². The first-order chi connectivity index (χ1) is 11.9. The molecule has 0 radical (unpaired) electrons. The van der Waals surface area contributed by atoms with Crippen molar-refractivity contribution in [2.24, 2.45) is 4.99 Å². The van der Waals surface area contributed by atoms with Crippen LogP contribution in [0.4, 0.5) is 5.69 Å². The van der Waals surface area contributed by atoms with Crippen molar-refractivity contribution in [3.8, 4) is 0 Å². The van der Waals surface area contributed by atoms with E-state index in [0.29, 0.717) is 21.3 Å². The van der Waals surface area contributed by atoms with Crippen molar-refractivity contribution >= 4 is 52.7 Å². The summed E-state index contributed by atoms with van der Waals surface area (Å²) in [6, 6.07) is 11.9. The van der Waals surface area contributed by atoms with Gasteiger partial charge in [-0.1, -0.05) is 35.3 Å². The number of carbonyl (C=O) groups excluding carboxylic acids is 2. The van der Waals surface area contributed by atoms with Crippen molar-refractivity contribution in [3.63, 3.8) is 0 Å². The van der Waals surface area contributed by atoms with Crippen molar-refractivity contribution in [3.05, 3.63) is 69.3 Å². The van der Waals surface area contributed by atoms with E-state index in [1.165, 1.54) is 6.92 Å². The van der Waals surface area contributed by atoms with E-state index in [1.807, 2.05) is 0 Å². The molecule has 0 spiro atoms. The van der Waals surface area contributed by atoms with Crippen molar-refractivity contribution in [1.29, 1.82) is 0 Å². The number of aliphatic imine (C=N–C) groups is 1.